The first kappa shape index (κ1) is 23.5. The predicted molar refractivity (Wildman–Crippen MR) is 123 cm³/mol. The number of methoxy groups -OCH3 is 1. The molecule has 168 valence electrons. The van der Waals surface area contributed by atoms with Crippen molar-refractivity contribution in [2.45, 2.75) is 13.0 Å². The molecule has 7 nitrogen and oxygen atoms in total. The number of hydrogen-bond acceptors (Lipinski definition) is 4. The molecule has 1 fully saturated rings. The molecule has 4 N–H and O–H groups in total. The van der Waals surface area contributed by atoms with Crippen LogP contribution in [0, 0.1) is 0 Å². The molecule has 0 spiro atoms. The van der Waals surface area contributed by atoms with Crippen LogP contribution in [0.5, 0.6) is 11.5 Å². The molecule has 31 heavy (non-hydrogen) atoms. The quantitative estimate of drug-likeness (QED) is 0.405. The molecule has 0 radical (unpaired) electrons. The van der Waals surface area contributed by atoms with Gasteiger partial charge in [-0.05, 0) is 30.3 Å². The van der Waals surface area contributed by atoms with Crippen molar-refractivity contribution in [2.24, 2.45) is 0 Å². The Morgan fingerprint density at radius 1 is 1.19 bits per heavy atom. The third-order valence-electron chi connectivity index (χ3n) is 5.27. The number of ether oxygens (including phenoxy) is 3. The predicted octanol–water partition coefficient (Wildman–Crippen LogP) is 0.844. The van der Waals surface area contributed by atoms with Crippen LogP contribution in [-0.2, 0) is 16.1 Å². The highest BCUT2D eigenvalue weighted by Gasteiger charge is 2.14. The Hall–Kier alpha value is -2.13. The lowest BCUT2D eigenvalue weighted by molar-refractivity contribution is -0.909. The van der Waals surface area contributed by atoms with Crippen LogP contribution in [0.15, 0.2) is 46.9 Å². The van der Waals surface area contributed by atoms with Crippen LogP contribution in [0.1, 0.15) is 12.0 Å². The van der Waals surface area contributed by atoms with E-state index in [0.717, 1.165) is 55.2 Å². The molecule has 2 aromatic rings. The van der Waals surface area contributed by atoms with E-state index < -0.39 is 0 Å². The Morgan fingerprint density at radius 3 is 2.81 bits per heavy atom. The molecule has 0 aromatic heterocycles. The van der Waals surface area contributed by atoms with Crippen LogP contribution < -0.4 is 25.0 Å². The summed E-state index contributed by atoms with van der Waals surface area (Å²) in [5.74, 6) is 1.12. The van der Waals surface area contributed by atoms with Gasteiger partial charge in [0.25, 0.3) is 5.91 Å². The Kier molecular flexibility index (Phi) is 9.61. The molecule has 8 heteroatoms. The molecular weight excluding hydrogens is 462 g/mol. The summed E-state index contributed by atoms with van der Waals surface area (Å²) in [5.41, 5.74) is 1.70. The lowest BCUT2D eigenvalue weighted by Gasteiger charge is -2.23. The van der Waals surface area contributed by atoms with E-state index >= 15 is 0 Å². The molecule has 1 aliphatic heterocycles. The monoisotopic (exact) mass is 493 g/mol. The molecule has 2 aromatic carbocycles. The highest BCUT2D eigenvalue weighted by atomic mass is 79.9. The van der Waals surface area contributed by atoms with E-state index in [1.807, 2.05) is 24.3 Å². The van der Waals surface area contributed by atoms with Gasteiger partial charge in [-0.15, -0.1) is 0 Å². The lowest BCUT2D eigenvalue weighted by Crippen LogP contribution is -3.14. The van der Waals surface area contributed by atoms with E-state index in [0.29, 0.717) is 11.4 Å². The van der Waals surface area contributed by atoms with Crippen LogP contribution in [0.4, 0.5) is 5.69 Å². The van der Waals surface area contributed by atoms with Gasteiger partial charge in [-0.3, -0.25) is 4.79 Å². The van der Waals surface area contributed by atoms with E-state index in [1.54, 1.807) is 24.1 Å². The van der Waals surface area contributed by atoms with Gasteiger partial charge in [0.15, 0.2) is 6.61 Å². The number of carbonyl (C=O) groups is 1. The molecule has 1 aliphatic rings. The van der Waals surface area contributed by atoms with Crippen molar-refractivity contribution in [3.8, 4) is 11.5 Å². The number of para-hydroxylation sites is 2. The standard InChI is InChI=1S/C23H30BrN3O4/c1-29-22-6-3-2-5-20(22)26-23(28)17-31-21-8-7-19(24)15-18(21)16-25-9-4-10-27-11-13-30-14-12-27/h2-3,5-8,15,25H,4,9-14,16-17H2,1H3,(H,26,28)/p+2. The number of benzene rings is 2. The molecule has 3 rings (SSSR count). The SMILES string of the molecule is COc1ccccc1NC(=O)COc1ccc(Br)cc1C[NH2+]CCC[NH+]1CCOCC1. The van der Waals surface area contributed by atoms with E-state index in [-0.39, 0.29) is 12.5 Å². The number of carbonyl (C=O) groups excluding carboxylic acids is 1. The molecule has 1 saturated heterocycles. The van der Waals surface area contributed by atoms with Crippen molar-refractivity contribution >= 4 is 27.5 Å². The number of amides is 1. The first-order chi connectivity index (χ1) is 15.2. The highest BCUT2D eigenvalue weighted by Crippen LogP contribution is 2.24. The maximum absolute atomic E-state index is 12.4. The molecule has 0 aliphatic carbocycles. The van der Waals surface area contributed by atoms with Crippen LogP contribution in [-0.4, -0.2) is 59.0 Å². The number of hydrogen-bond donors (Lipinski definition) is 3. The molecule has 1 heterocycles. The third-order valence-corrected chi connectivity index (χ3v) is 5.76. The molecular formula is C23H32BrN3O4+2. The van der Waals surface area contributed by atoms with Gasteiger partial charge < -0.3 is 29.7 Å². The second-order valence-electron chi connectivity index (χ2n) is 7.54. The van der Waals surface area contributed by atoms with Crippen LogP contribution >= 0.6 is 15.9 Å². The van der Waals surface area contributed by atoms with E-state index in [2.05, 4.69) is 32.6 Å². The van der Waals surface area contributed by atoms with Gasteiger partial charge in [-0.1, -0.05) is 28.1 Å². The van der Waals surface area contributed by atoms with Crippen molar-refractivity contribution < 1.29 is 29.2 Å². The number of nitrogens with one attached hydrogen (secondary N) is 2. The summed E-state index contributed by atoms with van der Waals surface area (Å²) < 4.78 is 17.5. The summed E-state index contributed by atoms with van der Waals surface area (Å²) in [6.45, 7) is 6.97. The second kappa shape index (κ2) is 12.7. The zero-order chi connectivity index (χ0) is 21.9. The minimum Gasteiger partial charge on any atom is -0.495 e. The first-order valence-electron chi connectivity index (χ1n) is 10.7. The van der Waals surface area contributed by atoms with E-state index in [1.165, 1.54) is 13.0 Å². The van der Waals surface area contributed by atoms with Crippen molar-refractivity contribution in [2.75, 3.05) is 58.4 Å². The Bertz CT molecular complexity index is 843. The van der Waals surface area contributed by atoms with Gasteiger partial charge in [0, 0.05) is 16.5 Å². The lowest BCUT2D eigenvalue weighted by atomic mass is 10.2. The fourth-order valence-electron chi connectivity index (χ4n) is 3.59. The summed E-state index contributed by atoms with van der Waals surface area (Å²) in [5, 5.41) is 5.13. The van der Waals surface area contributed by atoms with Gasteiger partial charge in [0.2, 0.25) is 0 Å². The number of quaternary nitrogens is 2. The Balaban J connectivity index is 1.45. The van der Waals surface area contributed by atoms with E-state index in [9.17, 15) is 4.79 Å². The molecule has 0 bridgehead atoms. The molecule has 0 unspecified atom stereocenters. The van der Waals surface area contributed by atoms with Gasteiger partial charge >= 0.3 is 0 Å². The normalized spacial score (nSPS) is 14.3. The van der Waals surface area contributed by atoms with Gasteiger partial charge in [0.05, 0.1) is 39.1 Å². The van der Waals surface area contributed by atoms with Gasteiger partial charge in [-0.25, -0.2) is 0 Å². The van der Waals surface area contributed by atoms with Crippen LogP contribution in [0.2, 0.25) is 0 Å². The van der Waals surface area contributed by atoms with Crippen molar-refractivity contribution in [3.63, 3.8) is 0 Å². The largest absolute Gasteiger partial charge is 0.495 e. The summed E-state index contributed by atoms with van der Waals surface area (Å²) in [6.07, 6.45) is 1.17. The van der Waals surface area contributed by atoms with Crippen LogP contribution in [0.3, 0.4) is 0 Å². The zero-order valence-corrected chi connectivity index (χ0v) is 19.6. The second-order valence-corrected chi connectivity index (χ2v) is 8.45. The molecule has 0 atom stereocenters. The summed E-state index contributed by atoms with van der Waals surface area (Å²) in [4.78, 5) is 14.0. The fraction of sp³-hybridized carbons (Fsp3) is 0.435. The average molecular weight is 494 g/mol. The van der Waals surface area contributed by atoms with Gasteiger partial charge in [-0.2, -0.15) is 0 Å². The minimum atomic E-state index is -0.226. The fourth-order valence-corrected chi connectivity index (χ4v) is 4.00. The minimum absolute atomic E-state index is 0.0624. The number of morpholine rings is 1. The summed E-state index contributed by atoms with van der Waals surface area (Å²) in [6, 6.07) is 13.2. The van der Waals surface area contributed by atoms with Crippen molar-refractivity contribution in [3.05, 3.63) is 52.5 Å². The van der Waals surface area contributed by atoms with Gasteiger partial charge in [0.1, 0.15) is 31.1 Å². The maximum Gasteiger partial charge on any atom is 0.262 e. The topological polar surface area (TPSA) is 77.8 Å². The smallest absolute Gasteiger partial charge is 0.262 e. The van der Waals surface area contributed by atoms with Crippen molar-refractivity contribution in [1.29, 1.82) is 0 Å². The number of halogens is 1. The Labute approximate surface area is 192 Å². The number of anilines is 1. The zero-order valence-electron chi connectivity index (χ0n) is 18.0. The van der Waals surface area contributed by atoms with Crippen LogP contribution in [0.25, 0.3) is 0 Å². The maximum atomic E-state index is 12.4. The third kappa shape index (κ3) is 7.81. The highest BCUT2D eigenvalue weighted by molar-refractivity contribution is 9.10. The van der Waals surface area contributed by atoms with E-state index in [4.69, 9.17) is 14.2 Å². The first-order valence-corrected chi connectivity index (χ1v) is 11.5. The Morgan fingerprint density at radius 2 is 2.00 bits per heavy atom. The van der Waals surface area contributed by atoms with Crippen molar-refractivity contribution in [1.82, 2.24) is 0 Å². The molecule has 1 amide bonds. The number of rotatable bonds is 11. The number of nitrogens with two attached hydrogens (primary N) is 1. The summed E-state index contributed by atoms with van der Waals surface area (Å²) in [7, 11) is 1.58. The summed E-state index contributed by atoms with van der Waals surface area (Å²) >= 11 is 3.53. The average Bonchev–Trinajstić information content (AvgIpc) is 2.79. The molecule has 0 saturated carbocycles.